The topological polar surface area (TPSA) is 79.4 Å². The monoisotopic (exact) mass is 369 g/mol. The van der Waals surface area contributed by atoms with Crippen LogP contribution in [0.1, 0.15) is 30.9 Å². The SMILES string of the molecule is CCOC(=O)N1CCC(Nc2nccc(NCc3ccc(C)cc3)n2)CC1. The van der Waals surface area contributed by atoms with Crippen LogP contribution in [0.3, 0.4) is 0 Å². The van der Waals surface area contributed by atoms with Crippen molar-refractivity contribution in [3.8, 4) is 0 Å². The van der Waals surface area contributed by atoms with Crippen molar-refractivity contribution in [3.63, 3.8) is 0 Å². The number of anilines is 2. The van der Waals surface area contributed by atoms with Gasteiger partial charge in [-0.2, -0.15) is 4.98 Å². The molecule has 3 rings (SSSR count). The summed E-state index contributed by atoms with van der Waals surface area (Å²) in [6.07, 6.45) is 3.22. The number of ether oxygens (including phenoxy) is 1. The largest absolute Gasteiger partial charge is 0.450 e. The molecular weight excluding hydrogens is 342 g/mol. The third-order valence-corrected chi connectivity index (χ3v) is 4.60. The summed E-state index contributed by atoms with van der Waals surface area (Å²) < 4.78 is 5.05. The first-order chi connectivity index (χ1) is 13.1. The number of hydrogen-bond donors (Lipinski definition) is 2. The van der Waals surface area contributed by atoms with Crippen LogP contribution >= 0.6 is 0 Å². The molecule has 2 N–H and O–H groups in total. The fourth-order valence-corrected chi connectivity index (χ4v) is 3.03. The molecule has 1 aliphatic rings. The molecule has 1 saturated heterocycles. The Kier molecular flexibility index (Phi) is 6.46. The van der Waals surface area contributed by atoms with Gasteiger partial charge in [0.25, 0.3) is 0 Å². The van der Waals surface area contributed by atoms with Gasteiger partial charge in [0.2, 0.25) is 5.95 Å². The molecule has 0 radical (unpaired) electrons. The van der Waals surface area contributed by atoms with E-state index in [0.29, 0.717) is 32.2 Å². The van der Waals surface area contributed by atoms with E-state index in [9.17, 15) is 4.79 Å². The normalized spacial score (nSPS) is 14.7. The molecular formula is C20H27N5O2. The highest BCUT2D eigenvalue weighted by atomic mass is 16.6. The molecule has 2 aromatic rings. The van der Waals surface area contributed by atoms with E-state index in [0.717, 1.165) is 18.7 Å². The van der Waals surface area contributed by atoms with Gasteiger partial charge in [-0.25, -0.2) is 9.78 Å². The second-order valence-corrected chi connectivity index (χ2v) is 6.71. The van der Waals surface area contributed by atoms with E-state index >= 15 is 0 Å². The van der Waals surface area contributed by atoms with Crippen LogP contribution in [-0.2, 0) is 11.3 Å². The number of nitrogens with one attached hydrogen (secondary N) is 2. The van der Waals surface area contributed by atoms with Gasteiger partial charge in [-0.1, -0.05) is 29.8 Å². The lowest BCUT2D eigenvalue weighted by Crippen LogP contribution is -2.42. The maximum Gasteiger partial charge on any atom is 0.409 e. The Balaban J connectivity index is 1.49. The van der Waals surface area contributed by atoms with Crippen molar-refractivity contribution < 1.29 is 9.53 Å². The smallest absolute Gasteiger partial charge is 0.409 e. The van der Waals surface area contributed by atoms with Gasteiger partial charge < -0.3 is 20.3 Å². The minimum atomic E-state index is -0.227. The molecule has 0 unspecified atom stereocenters. The highest BCUT2D eigenvalue weighted by Gasteiger charge is 2.23. The summed E-state index contributed by atoms with van der Waals surface area (Å²) in [5, 5.41) is 6.71. The number of aromatic nitrogens is 2. The molecule has 1 fully saturated rings. The van der Waals surface area contributed by atoms with Gasteiger partial charge in [-0.15, -0.1) is 0 Å². The highest BCUT2D eigenvalue weighted by molar-refractivity contribution is 5.67. The summed E-state index contributed by atoms with van der Waals surface area (Å²) in [4.78, 5) is 22.4. The van der Waals surface area contributed by atoms with Crippen LogP contribution in [0.15, 0.2) is 36.5 Å². The molecule has 2 heterocycles. The summed E-state index contributed by atoms with van der Waals surface area (Å²) in [7, 11) is 0. The lowest BCUT2D eigenvalue weighted by Gasteiger charge is -2.31. The molecule has 27 heavy (non-hydrogen) atoms. The van der Waals surface area contributed by atoms with Crippen molar-refractivity contribution in [1.29, 1.82) is 0 Å². The summed E-state index contributed by atoms with van der Waals surface area (Å²) in [5.41, 5.74) is 2.46. The van der Waals surface area contributed by atoms with Crippen molar-refractivity contribution in [2.45, 2.75) is 39.3 Å². The zero-order chi connectivity index (χ0) is 19.1. The number of benzene rings is 1. The molecule has 1 amide bonds. The minimum absolute atomic E-state index is 0.227. The Bertz CT molecular complexity index is 742. The van der Waals surface area contributed by atoms with Crippen molar-refractivity contribution in [3.05, 3.63) is 47.7 Å². The summed E-state index contributed by atoms with van der Waals surface area (Å²) in [6.45, 7) is 6.39. The lowest BCUT2D eigenvalue weighted by atomic mass is 10.1. The van der Waals surface area contributed by atoms with E-state index in [2.05, 4.69) is 51.8 Å². The van der Waals surface area contributed by atoms with E-state index in [1.54, 1.807) is 11.1 Å². The number of piperidine rings is 1. The van der Waals surface area contributed by atoms with Gasteiger partial charge in [0, 0.05) is 31.9 Å². The third-order valence-electron chi connectivity index (χ3n) is 4.60. The Morgan fingerprint density at radius 1 is 1.22 bits per heavy atom. The van der Waals surface area contributed by atoms with E-state index < -0.39 is 0 Å². The average Bonchev–Trinajstić information content (AvgIpc) is 2.69. The van der Waals surface area contributed by atoms with Crippen LogP contribution in [-0.4, -0.2) is 46.7 Å². The first-order valence-electron chi connectivity index (χ1n) is 9.44. The number of aryl methyl sites for hydroxylation is 1. The van der Waals surface area contributed by atoms with Crippen molar-refractivity contribution in [2.75, 3.05) is 30.3 Å². The zero-order valence-electron chi connectivity index (χ0n) is 15.9. The number of carbonyl (C=O) groups excluding carboxylic acids is 1. The maximum atomic E-state index is 11.8. The fraction of sp³-hybridized carbons (Fsp3) is 0.450. The molecule has 1 aromatic heterocycles. The Labute approximate surface area is 160 Å². The fourth-order valence-electron chi connectivity index (χ4n) is 3.03. The number of hydrogen-bond acceptors (Lipinski definition) is 6. The molecule has 0 spiro atoms. The van der Waals surface area contributed by atoms with Gasteiger partial charge in [-0.05, 0) is 38.3 Å². The van der Waals surface area contributed by atoms with Gasteiger partial charge in [0.15, 0.2) is 0 Å². The number of rotatable bonds is 6. The minimum Gasteiger partial charge on any atom is -0.450 e. The lowest BCUT2D eigenvalue weighted by molar-refractivity contribution is 0.0983. The molecule has 0 aliphatic carbocycles. The Morgan fingerprint density at radius 3 is 2.67 bits per heavy atom. The third kappa shape index (κ3) is 5.57. The molecule has 0 bridgehead atoms. The predicted octanol–water partition coefficient (Wildman–Crippen LogP) is 3.43. The van der Waals surface area contributed by atoms with Gasteiger partial charge >= 0.3 is 6.09 Å². The number of nitrogens with zero attached hydrogens (tertiary/aromatic N) is 3. The molecule has 7 nitrogen and oxygen atoms in total. The van der Waals surface area contributed by atoms with Gasteiger partial charge in [0.1, 0.15) is 5.82 Å². The first-order valence-corrected chi connectivity index (χ1v) is 9.44. The van der Waals surface area contributed by atoms with E-state index in [4.69, 9.17) is 4.74 Å². The molecule has 0 saturated carbocycles. The van der Waals surface area contributed by atoms with Crippen LogP contribution in [0, 0.1) is 6.92 Å². The molecule has 7 heteroatoms. The Hall–Kier alpha value is -2.83. The van der Waals surface area contributed by atoms with Gasteiger partial charge in [-0.3, -0.25) is 0 Å². The second-order valence-electron chi connectivity index (χ2n) is 6.71. The zero-order valence-corrected chi connectivity index (χ0v) is 15.9. The summed E-state index contributed by atoms with van der Waals surface area (Å²) >= 11 is 0. The van der Waals surface area contributed by atoms with Crippen LogP contribution in [0.4, 0.5) is 16.6 Å². The van der Waals surface area contributed by atoms with Crippen molar-refractivity contribution in [1.82, 2.24) is 14.9 Å². The maximum absolute atomic E-state index is 11.8. The predicted molar refractivity (Wildman–Crippen MR) is 106 cm³/mol. The second kappa shape index (κ2) is 9.21. The quantitative estimate of drug-likeness (QED) is 0.812. The van der Waals surface area contributed by atoms with Gasteiger partial charge in [0.05, 0.1) is 6.61 Å². The van der Waals surface area contributed by atoms with Crippen molar-refractivity contribution >= 4 is 17.9 Å². The van der Waals surface area contributed by atoms with E-state index in [1.165, 1.54) is 11.1 Å². The average molecular weight is 369 g/mol. The number of likely N-dealkylation sites (tertiary alicyclic amines) is 1. The summed E-state index contributed by atoms with van der Waals surface area (Å²) in [6, 6.07) is 10.5. The molecule has 144 valence electrons. The van der Waals surface area contributed by atoms with Crippen LogP contribution in [0.5, 0.6) is 0 Å². The van der Waals surface area contributed by atoms with E-state index in [1.807, 2.05) is 13.0 Å². The number of carbonyl (C=O) groups is 1. The molecule has 1 aromatic carbocycles. The van der Waals surface area contributed by atoms with Crippen LogP contribution in [0.25, 0.3) is 0 Å². The standard InChI is InChI=1S/C20H27N5O2/c1-3-27-20(26)25-12-9-17(10-13-25)23-19-21-11-8-18(24-19)22-14-16-6-4-15(2)5-7-16/h4-8,11,17H,3,9-10,12-14H2,1-2H3,(H2,21,22,23,24). The summed E-state index contributed by atoms with van der Waals surface area (Å²) in [5.74, 6) is 1.40. The van der Waals surface area contributed by atoms with Crippen LogP contribution in [0.2, 0.25) is 0 Å². The first kappa shape index (κ1) is 18.9. The highest BCUT2D eigenvalue weighted by Crippen LogP contribution is 2.16. The van der Waals surface area contributed by atoms with Crippen LogP contribution < -0.4 is 10.6 Å². The van der Waals surface area contributed by atoms with E-state index in [-0.39, 0.29) is 12.1 Å². The number of amides is 1. The molecule has 1 aliphatic heterocycles. The van der Waals surface area contributed by atoms with Crippen molar-refractivity contribution in [2.24, 2.45) is 0 Å². The molecule has 0 atom stereocenters. The Morgan fingerprint density at radius 2 is 1.96 bits per heavy atom.